The molecule has 7 nitrogen and oxygen atoms in total. The maximum absolute atomic E-state index is 12.2. The van der Waals surface area contributed by atoms with Crippen LogP contribution in [0.4, 0.5) is 5.69 Å². The van der Waals surface area contributed by atoms with Crippen molar-refractivity contribution in [2.45, 2.75) is 0 Å². The van der Waals surface area contributed by atoms with E-state index in [0.717, 1.165) is 10.9 Å². The zero-order valence-electron chi connectivity index (χ0n) is 14.7. The van der Waals surface area contributed by atoms with Gasteiger partial charge in [-0.15, -0.1) is 0 Å². The number of hydrogen-bond donors (Lipinski definition) is 2. The van der Waals surface area contributed by atoms with E-state index in [4.69, 9.17) is 14.2 Å². The molecule has 1 amide bonds. The van der Waals surface area contributed by atoms with Crippen molar-refractivity contribution in [3.63, 3.8) is 0 Å². The zero-order chi connectivity index (χ0) is 18.5. The van der Waals surface area contributed by atoms with E-state index in [1.165, 1.54) is 6.08 Å². The van der Waals surface area contributed by atoms with E-state index in [1.807, 2.05) is 18.2 Å². The Labute approximate surface area is 150 Å². The molecule has 3 aromatic rings. The van der Waals surface area contributed by atoms with E-state index in [2.05, 4.69) is 15.5 Å². The molecular formula is C19H19N3O4. The van der Waals surface area contributed by atoms with Crippen LogP contribution in [-0.2, 0) is 4.79 Å². The number of amides is 1. The number of rotatable bonds is 6. The van der Waals surface area contributed by atoms with Crippen molar-refractivity contribution in [1.29, 1.82) is 0 Å². The SMILES string of the molecule is COc1cc(OC)c(OC)cc1C=CC(=O)Nc1ccc2[nH]ncc2c1. The molecule has 0 unspecified atom stereocenters. The number of aromatic nitrogens is 2. The number of carbonyl (C=O) groups is 1. The minimum atomic E-state index is -0.260. The van der Waals surface area contributed by atoms with Crippen LogP contribution in [0.2, 0.25) is 0 Å². The van der Waals surface area contributed by atoms with Gasteiger partial charge in [-0.2, -0.15) is 5.10 Å². The molecule has 2 N–H and O–H groups in total. The van der Waals surface area contributed by atoms with Gasteiger partial charge in [0, 0.05) is 28.8 Å². The van der Waals surface area contributed by atoms with E-state index < -0.39 is 0 Å². The standard InChI is InChI=1S/C19H19N3O4/c1-24-16-10-18(26-3)17(25-2)9-12(16)4-7-19(23)21-14-5-6-15-13(8-14)11-20-22-15/h4-11H,1-3H3,(H,20,22)(H,21,23). The molecule has 0 saturated carbocycles. The molecule has 1 aromatic heterocycles. The molecule has 1 heterocycles. The van der Waals surface area contributed by atoms with Gasteiger partial charge in [0.05, 0.1) is 33.0 Å². The Bertz CT molecular complexity index is 963. The van der Waals surface area contributed by atoms with E-state index in [-0.39, 0.29) is 5.91 Å². The Morgan fingerprint density at radius 2 is 1.77 bits per heavy atom. The molecule has 0 aliphatic rings. The van der Waals surface area contributed by atoms with Gasteiger partial charge in [0.1, 0.15) is 5.75 Å². The van der Waals surface area contributed by atoms with Gasteiger partial charge >= 0.3 is 0 Å². The monoisotopic (exact) mass is 353 g/mol. The predicted octanol–water partition coefficient (Wildman–Crippen LogP) is 3.24. The molecule has 0 aliphatic heterocycles. The second-order valence-electron chi connectivity index (χ2n) is 5.44. The molecule has 0 atom stereocenters. The molecule has 26 heavy (non-hydrogen) atoms. The highest BCUT2D eigenvalue weighted by Gasteiger charge is 2.10. The average Bonchev–Trinajstić information content (AvgIpc) is 3.13. The lowest BCUT2D eigenvalue weighted by Gasteiger charge is -2.12. The van der Waals surface area contributed by atoms with Crippen LogP contribution < -0.4 is 19.5 Å². The number of hydrogen-bond acceptors (Lipinski definition) is 5. The van der Waals surface area contributed by atoms with Crippen LogP contribution >= 0.6 is 0 Å². The number of H-pyrrole nitrogens is 1. The summed E-state index contributed by atoms with van der Waals surface area (Å²) < 4.78 is 15.9. The predicted molar refractivity (Wildman–Crippen MR) is 99.9 cm³/mol. The zero-order valence-corrected chi connectivity index (χ0v) is 14.7. The van der Waals surface area contributed by atoms with Crippen molar-refractivity contribution >= 4 is 28.6 Å². The molecule has 0 spiro atoms. The minimum absolute atomic E-state index is 0.260. The molecule has 134 valence electrons. The smallest absolute Gasteiger partial charge is 0.248 e. The molecule has 0 saturated heterocycles. The second kappa shape index (κ2) is 7.60. The summed E-state index contributed by atoms with van der Waals surface area (Å²) >= 11 is 0. The number of nitrogens with one attached hydrogen (secondary N) is 2. The Hall–Kier alpha value is -3.48. The van der Waals surface area contributed by atoms with E-state index in [9.17, 15) is 4.79 Å². The largest absolute Gasteiger partial charge is 0.496 e. The topological polar surface area (TPSA) is 85.5 Å². The van der Waals surface area contributed by atoms with Gasteiger partial charge in [-0.05, 0) is 30.3 Å². The van der Waals surface area contributed by atoms with Gasteiger partial charge in [-0.3, -0.25) is 9.89 Å². The summed E-state index contributed by atoms with van der Waals surface area (Å²) in [5, 5.41) is 10.6. The first kappa shape index (κ1) is 17.3. The highest BCUT2D eigenvalue weighted by Crippen LogP contribution is 2.35. The maximum Gasteiger partial charge on any atom is 0.248 e. The number of carbonyl (C=O) groups excluding carboxylic acids is 1. The summed E-state index contributed by atoms with van der Waals surface area (Å²) in [6.45, 7) is 0. The highest BCUT2D eigenvalue weighted by atomic mass is 16.5. The fourth-order valence-corrected chi connectivity index (χ4v) is 2.55. The first-order chi connectivity index (χ1) is 12.6. The third-order valence-corrected chi connectivity index (χ3v) is 3.86. The molecular weight excluding hydrogens is 334 g/mol. The van der Waals surface area contributed by atoms with Crippen LogP contribution in [0.3, 0.4) is 0 Å². The number of methoxy groups -OCH3 is 3. The number of benzene rings is 2. The van der Waals surface area contributed by atoms with Crippen LogP contribution in [0.25, 0.3) is 17.0 Å². The Morgan fingerprint density at radius 1 is 1.04 bits per heavy atom. The molecule has 0 aliphatic carbocycles. The summed E-state index contributed by atoms with van der Waals surface area (Å²) in [5.41, 5.74) is 2.30. The van der Waals surface area contributed by atoms with Crippen LogP contribution in [0.1, 0.15) is 5.56 Å². The van der Waals surface area contributed by atoms with Crippen LogP contribution in [0.5, 0.6) is 17.2 Å². The summed E-state index contributed by atoms with van der Waals surface area (Å²) in [7, 11) is 4.66. The van der Waals surface area contributed by atoms with Crippen molar-refractivity contribution in [2.75, 3.05) is 26.6 Å². The maximum atomic E-state index is 12.2. The van der Waals surface area contributed by atoms with Crippen LogP contribution in [-0.4, -0.2) is 37.4 Å². The second-order valence-corrected chi connectivity index (χ2v) is 5.44. The summed E-state index contributed by atoms with van der Waals surface area (Å²) in [4.78, 5) is 12.2. The molecule has 2 aromatic carbocycles. The number of nitrogens with zero attached hydrogens (tertiary/aromatic N) is 1. The fourth-order valence-electron chi connectivity index (χ4n) is 2.55. The van der Waals surface area contributed by atoms with Gasteiger partial charge in [0.25, 0.3) is 0 Å². The van der Waals surface area contributed by atoms with E-state index in [0.29, 0.717) is 28.5 Å². The quantitative estimate of drug-likeness (QED) is 0.665. The fraction of sp³-hybridized carbons (Fsp3) is 0.158. The van der Waals surface area contributed by atoms with E-state index in [1.54, 1.807) is 45.7 Å². The number of fused-ring (bicyclic) bond motifs is 1. The summed E-state index contributed by atoms with van der Waals surface area (Å²) in [6, 6.07) is 8.98. The molecule has 0 fully saturated rings. The van der Waals surface area contributed by atoms with Crippen LogP contribution in [0, 0.1) is 0 Å². The first-order valence-corrected chi connectivity index (χ1v) is 7.87. The summed E-state index contributed by atoms with van der Waals surface area (Å²) in [6.07, 6.45) is 4.80. The summed E-state index contributed by atoms with van der Waals surface area (Å²) in [5.74, 6) is 1.43. The Morgan fingerprint density at radius 3 is 2.50 bits per heavy atom. The normalized spacial score (nSPS) is 10.9. The number of ether oxygens (including phenoxy) is 3. The Kier molecular flexibility index (Phi) is 5.07. The van der Waals surface area contributed by atoms with Crippen molar-refractivity contribution in [3.05, 3.63) is 48.2 Å². The third-order valence-electron chi connectivity index (χ3n) is 3.86. The first-order valence-electron chi connectivity index (χ1n) is 7.87. The van der Waals surface area contributed by atoms with Gasteiger partial charge in [0.15, 0.2) is 11.5 Å². The lowest BCUT2D eigenvalue weighted by molar-refractivity contribution is -0.111. The lowest BCUT2D eigenvalue weighted by atomic mass is 10.1. The van der Waals surface area contributed by atoms with Gasteiger partial charge in [-0.25, -0.2) is 0 Å². The van der Waals surface area contributed by atoms with Crippen molar-refractivity contribution < 1.29 is 19.0 Å². The lowest BCUT2D eigenvalue weighted by Crippen LogP contribution is -2.07. The van der Waals surface area contributed by atoms with E-state index >= 15 is 0 Å². The highest BCUT2D eigenvalue weighted by molar-refractivity contribution is 6.03. The molecule has 3 rings (SSSR count). The van der Waals surface area contributed by atoms with Gasteiger partial charge in [-0.1, -0.05) is 0 Å². The molecule has 7 heteroatoms. The van der Waals surface area contributed by atoms with Gasteiger partial charge in [0.2, 0.25) is 5.91 Å². The third kappa shape index (κ3) is 3.61. The van der Waals surface area contributed by atoms with Crippen molar-refractivity contribution in [3.8, 4) is 17.2 Å². The van der Waals surface area contributed by atoms with Crippen LogP contribution in [0.15, 0.2) is 42.6 Å². The van der Waals surface area contributed by atoms with Crippen molar-refractivity contribution in [2.24, 2.45) is 0 Å². The number of anilines is 1. The molecule has 0 bridgehead atoms. The van der Waals surface area contributed by atoms with Gasteiger partial charge < -0.3 is 19.5 Å². The Balaban J connectivity index is 1.78. The minimum Gasteiger partial charge on any atom is -0.496 e. The van der Waals surface area contributed by atoms with Crippen molar-refractivity contribution in [1.82, 2.24) is 10.2 Å². The number of aromatic amines is 1. The average molecular weight is 353 g/mol. The molecule has 0 radical (unpaired) electrons.